The molecule has 0 saturated heterocycles. The molecule has 0 N–H and O–H groups in total. The largest absolute Gasteiger partial charge is 1.00 e. The van der Waals surface area contributed by atoms with Crippen LogP contribution in [0.2, 0.25) is 58.9 Å². The number of rotatable bonds is 3. The van der Waals surface area contributed by atoms with Gasteiger partial charge in [-0.2, -0.15) is 0 Å². The van der Waals surface area contributed by atoms with Crippen LogP contribution in [0.15, 0.2) is 0 Å². The van der Waals surface area contributed by atoms with Gasteiger partial charge in [-0.1, -0.05) is 0 Å². The van der Waals surface area contributed by atoms with E-state index in [1.54, 1.807) is 0 Å². The Morgan fingerprint density at radius 3 is 0.643 bits per heavy atom. The van der Waals surface area contributed by atoms with Gasteiger partial charge in [-0.05, 0) is 0 Å². The average molecular weight is 331 g/mol. The molecular weight excluding hydrogens is 304 g/mol. The molecule has 0 radical (unpaired) electrons. The van der Waals surface area contributed by atoms with Crippen molar-refractivity contribution in [3.8, 4) is 0 Å². The Morgan fingerprint density at radius 1 is 0.500 bits per heavy atom. The van der Waals surface area contributed by atoms with Gasteiger partial charge in [-0.3, -0.25) is 0 Å². The van der Waals surface area contributed by atoms with E-state index in [-0.39, 0.29) is 51.4 Å². The molecule has 5 heteroatoms. The average Bonchev–Trinajstić information content (AvgIpc) is 1.44. The summed E-state index contributed by atoms with van der Waals surface area (Å²) in [6.07, 6.45) is 0. The molecule has 14 heavy (non-hydrogen) atoms. The van der Waals surface area contributed by atoms with Gasteiger partial charge in [-0.15, -0.1) is 0 Å². The van der Waals surface area contributed by atoms with Crippen LogP contribution in [0, 0.1) is 0 Å². The third-order valence-electron chi connectivity index (χ3n) is 2.25. The van der Waals surface area contributed by atoms with Gasteiger partial charge in [0.05, 0.1) is 0 Å². The molecule has 0 aromatic rings. The molecule has 0 fully saturated rings. The molecule has 0 bridgehead atoms. The Balaban J connectivity index is 0. The fourth-order valence-electron chi connectivity index (χ4n) is 3.38. The molecular formula is C9H27GeKSi3. The van der Waals surface area contributed by atoms with Crippen LogP contribution in [0.4, 0.5) is 0 Å². The van der Waals surface area contributed by atoms with Crippen molar-refractivity contribution in [1.29, 1.82) is 0 Å². The number of hydrogen-bond donors (Lipinski definition) is 0. The first-order valence-electron chi connectivity index (χ1n) is 5.25. The fraction of sp³-hybridized carbons (Fsp3) is 1.00. The van der Waals surface area contributed by atoms with E-state index in [0.717, 1.165) is 0 Å². The molecule has 0 aliphatic carbocycles. The predicted octanol–water partition coefficient (Wildman–Crippen LogP) is 0.735. The maximum absolute atomic E-state index is 2.64. The Kier molecular flexibility index (Phi) is 8.40. The van der Waals surface area contributed by atoms with Crippen molar-refractivity contribution in [1.82, 2.24) is 0 Å². The first-order chi connectivity index (χ1) is 5.37. The molecule has 0 nitrogen and oxygen atoms in total. The summed E-state index contributed by atoms with van der Waals surface area (Å²) in [4.78, 5) is 0. The first-order valence-corrected chi connectivity index (χ1v) is 25.2. The molecule has 80 valence electrons. The summed E-state index contributed by atoms with van der Waals surface area (Å²) in [5.41, 5.74) is 0. The van der Waals surface area contributed by atoms with Crippen molar-refractivity contribution in [2.45, 2.75) is 58.9 Å². The molecule has 0 unspecified atom stereocenters. The van der Waals surface area contributed by atoms with Crippen molar-refractivity contribution in [3.05, 3.63) is 0 Å². The summed E-state index contributed by atoms with van der Waals surface area (Å²) >= 11 is -0.688. The van der Waals surface area contributed by atoms with E-state index in [1.165, 1.54) is 0 Å². The van der Waals surface area contributed by atoms with Crippen LogP contribution in [0.25, 0.3) is 0 Å². The van der Waals surface area contributed by atoms with Crippen LogP contribution in [-0.2, 0) is 0 Å². The van der Waals surface area contributed by atoms with E-state index in [0.29, 0.717) is 0 Å². The van der Waals surface area contributed by atoms with Gasteiger partial charge in [-0.25, -0.2) is 0 Å². The van der Waals surface area contributed by atoms with Crippen LogP contribution in [0.5, 0.6) is 0 Å². The number of hydrogen-bond acceptors (Lipinski definition) is 0. The maximum atomic E-state index is 2.64. The zero-order valence-corrected chi connectivity index (χ0v) is 20.2. The smallest absolute Gasteiger partial charge is 1.00 e. The van der Waals surface area contributed by atoms with E-state index in [4.69, 9.17) is 0 Å². The summed E-state index contributed by atoms with van der Waals surface area (Å²) in [6.45, 7) is 21.4. The van der Waals surface area contributed by atoms with Crippen molar-refractivity contribution in [3.63, 3.8) is 0 Å². The summed E-state index contributed by atoms with van der Waals surface area (Å²) in [5.74, 6) is 0. The van der Waals surface area contributed by atoms with Gasteiger partial charge in [0.2, 0.25) is 0 Å². The van der Waals surface area contributed by atoms with Crippen molar-refractivity contribution in [2.75, 3.05) is 0 Å². The second-order valence-electron chi connectivity index (χ2n) is 7.12. The third-order valence-corrected chi connectivity index (χ3v) is 105. The van der Waals surface area contributed by atoms with Gasteiger partial charge in [0, 0.05) is 0 Å². The Bertz CT molecular complexity index is 143. The Labute approximate surface area is 140 Å². The van der Waals surface area contributed by atoms with Crippen molar-refractivity contribution >= 4 is 32.2 Å². The Morgan fingerprint density at radius 2 is 0.643 bits per heavy atom. The maximum Gasteiger partial charge on any atom is 1.00 e. The topological polar surface area (TPSA) is 0 Å². The molecule has 0 spiro atoms. The minimum absolute atomic E-state index is 0. The molecule has 0 heterocycles. The molecule has 0 aromatic carbocycles. The summed E-state index contributed by atoms with van der Waals surface area (Å²) in [7, 11) is 0. The van der Waals surface area contributed by atoms with Gasteiger partial charge in [0.15, 0.2) is 0 Å². The molecule has 0 rings (SSSR count). The normalized spacial score (nSPS) is 14.1. The van der Waals surface area contributed by atoms with Gasteiger partial charge in [0.25, 0.3) is 0 Å². The van der Waals surface area contributed by atoms with Gasteiger partial charge < -0.3 is 0 Å². The Hall–Kier alpha value is 2.83. The van der Waals surface area contributed by atoms with Crippen LogP contribution in [0.3, 0.4) is 0 Å². The standard InChI is InChI=1S/C9H27GeSi3.K/c1-11(2,3)10(12(4,5)6)13(7,8)9;/h1-9H3;/q-1;+1. The minimum atomic E-state index is -0.767. The van der Waals surface area contributed by atoms with E-state index >= 15 is 0 Å². The quantitative estimate of drug-likeness (QED) is 0.669. The third kappa shape index (κ3) is 6.54. The van der Waals surface area contributed by atoms with Crippen molar-refractivity contribution in [2.24, 2.45) is 0 Å². The molecule has 0 aromatic heterocycles. The van der Waals surface area contributed by atoms with Crippen molar-refractivity contribution < 1.29 is 51.4 Å². The molecule has 0 aliphatic heterocycles. The second kappa shape index (κ2) is 6.13. The molecule has 0 aliphatic rings. The fourth-order valence-corrected chi connectivity index (χ4v) is 158. The van der Waals surface area contributed by atoms with Crippen LogP contribution in [0.1, 0.15) is 0 Å². The predicted molar refractivity (Wildman–Crippen MR) is 75.8 cm³/mol. The van der Waals surface area contributed by atoms with E-state index in [9.17, 15) is 0 Å². The van der Waals surface area contributed by atoms with Crippen LogP contribution < -0.4 is 51.4 Å². The molecule has 0 atom stereocenters. The monoisotopic (exact) mass is 332 g/mol. The molecule has 0 saturated carbocycles. The second-order valence-corrected chi connectivity index (χ2v) is 66.1. The van der Waals surface area contributed by atoms with E-state index in [2.05, 4.69) is 58.9 Å². The summed E-state index contributed by atoms with van der Waals surface area (Å²) in [6, 6.07) is 0. The summed E-state index contributed by atoms with van der Waals surface area (Å²) in [5, 5.41) is 0. The zero-order chi connectivity index (χ0) is 11.1. The van der Waals surface area contributed by atoms with Gasteiger partial charge in [0.1, 0.15) is 0 Å². The van der Waals surface area contributed by atoms with Crippen LogP contribution in [-0.4, -0.2) is 32.2 Å². The minimum Gasteiger partial charge on any atom is 1.00 e. The van der Waals surface area contributed by atoms with Crippen LogP contribution >= 0.6 is 0 Å². The van der Waals surface area contributed by atoms with Gasteiger partial charge >= 0.3 is 142 Å². The first kappa shape index (κ1) is 19.2. The van der Waals surface area contributed by atoms with E-state index in [1.807, 2.05) is 0 Å². The van der Waals surface area contributed by atoms with E-state index < -0.39 is 32.2 Å². The molecule has 0 amide bonds. The zero-order valence-electron chi connectivity index (χ0n) is 12.0. The SMILES string of the molecule is C[Si](C)(C)[Ge-]([Si](C)(C)C)[Si](C)(C)C.[K+]. The summed E-state index contributed by atoms with van der Waals surface area (Å²) < 4.78 is 0.